The second-order valence-corrected chi connectivity index (χ2v) is 2.41. The third-order valence-electron chi connectivity index (χ3n) is 1.21. The highest BCUT2D eigenvalue weighted by molar-refractivity contribution is 6.32. The maximum absolute atomic E-state index is 11.2. The summed E-state index contributed by atoms with van der Waals surface area (Å²) in [6.45, 7) is 2.37. The maximum Gasteiger partial charge on any atom is 0.273 e. The first kappa shape index (κ1) is 8.93. The summed E-state index contributed by atoms with van der Waals surface area (Å²) in [6, 6.07) is 0. The molecule has 0 atom stereocenters. The van der Waals surface area contributed by atoms with Gasteiger partial charge < -0.3 is 5.32 Å². The molecule has 1 aromatic rings. The van der Waals surface area contributed by atoms with Crippen LogP contribution >= 0.6 is 11.6 Å². The van der Waals surface area contributed by atoms with Gasteiger partial charge in [0.2, 0.25) is 0 Å². The third kappa shape index (κ3) is 1.92. The van der Waals surface area contributed by atoms with Crippen molar-refractivity contribution < 1.29 is 4.79 Å². The average Bonchev–Trinajstić information content (AvgIpc) is 2.05. The van der Waals surface area contributed by atoms with E-state index in [2.05, 4.69) is 15.3 Å². The molecular weight excluding hydrogens is 178 g/mol. The van der Waals surface area contributed by atoms with Crippen molar-refractivity contribution in [1.29, 1.82) is 0 Å². The van der Waals surface area contributed by atoms with Crippen LogP contribution in [0.3, 0.4) is 0 Å². The number of amides is 1. The van der Waals surface area contributed by atoms with Gasteiger partial charge in [-0.05, 0) is 6.92 Å². The molecule has 0 aliphatic carbocycles. The molecule has 0 aliphatic rings. The summed E-state index contributed by atoms with van der Waals surface area (Å²) >= 11 is 5.62. The molecule has 0 bridgehead atoms. The fraction of sp³-hybridized carbons (Fsp3) is 0.286. The fourth-order valence-electron chi connectivity index (χ4n) is 0.718. The van der Waals surface area contributed by atoms with Gasteiger partial charge in [-0.25, -0.2) is 9.97 Å². The first-order valence-corrected chi connectivity index (χ1v) is 3.88. The van der Waals surface area contributed by atoms with E-state index in [1.54, 1.807) is 0 Å². The molecule has 1 rings (SSSR count). The Hall–Kier alpha value is -1.16. The van der Waals surface area contributed by atoms with Gasteiger partial charge >= 0.3 is 0 Å². The Balaban J connectivity index is 2.87. The van der Waals surface area contributed by atoms with Crippen molar-refractivity contribution >= 4 is 17.5 Å². The van der Waals surface area contributed by atoms with E-state index in [0.717, 1.165) is 0 Å². The highest BCUT2D eigenvalue weighted by Crippen LogP contribution is 2.07. The molecule has 4 nitrogen and oxygen atoms in total. The fourth-order valence-corrected chi connectivity index (χ4v) is 0.909. The van der Waals surface area contributed by atoms with Gasteiger partial charge in [0.25, 0.3) is 5.91 Å². The smallest absolute Gasteiger partial charge is 0.273 e. The van der Waals surface area contributed by atoms with Gasteiger partial charge in [-0.15, -0.1) is 0 Å². The largest absolute Gasteiger partial charge is 0.351 e. The minimum Gasteiger partial charge on any atom is -0.351 e. The molecule has 0 fully saturated rings. The Bertz CT molecular complexity index is 290. The Morgan fingerprint density at radius 3 is 2.83 bits per heavy atom. The highest BCUT2D eigenvalue weighted by Gasteiger charge is 2.10. The van der Waals surface area contributed by atoms with Crippen LogP contribution in [-0.4, -0.2) is 22.4 Å². The van der Waals surface area contributed by atoms with E-state index in [4.69, 9.17) is 11.6 Å². The summed E-state index contributed by atoms with van der Waals surface area (Å²) in [7, 11) is 0. The van der Waals surface area contributed by atoms with Crippen LogP contribution in [0.1, 0.15) is 17.4 Å². The quantitative estimate of drug-likeness (QED) is 0.744. The summed E-state index contributed by atoms with van der Waals surface area (Å²) in [5.74, 6) is -0.296. The molecular formula is C7H8ClN3O. The minimum absolute atomic E-state index is 0.128. The van der Waals surface area contributed by atoms with Gasteiger partial charge in [-0.3, -0.25) is 4.79 Å². The number of nitrogens with zero attached hydrogens (tertiary/aromatic N) is 2. The first-order chi connectivity index (χ1) is 5.75. The van der Waals surface area contributed by atoms with Crippen molar-refractivity contribution in [3.63, 3.8) is 0 Å². The molecule has 5 heteroatoms. The van der Waals surface area contributed by atoms with Gasteiger partial charge in [0, 0.05) is 18.9 Å². The Morgan fingerprint density at radius 2 is 2.25 bits per heavy atom. The molecule has 12 heavy (non-hydrogen) atoms. The van der Waals surface area contributed by atoms with Crippen molar-refractivity contribution in [1.82, 2.24) is 15.3 Å². The number of nitrogens with one attached hydrogen (secondary N) is 1. The number of aromatic nitrogens is 2. The molecule has 1 amide bonds. The van der Waals surface area contributed by atoms with E-state index in [-0.39, 0.29) is 16.8 Å². The van der Waals surface area contributed by atoms with Crippen molar-refractivity contribution in [3.8, 4) is 0 Å². The lowest BCUT2D eigenvalue weighted by molar-refractivity contribution is 0.0950. The van der Waals surface area contributed by atoms with E-state index in [1.807, 2.05) is 6.92 Å². The lowest BCUT2D eigenvalue weighted by Crippen LogP contribution is -2.24. The van der Waals surface area contributed by atoms with Crippen LogP contribution in [0.5, 0.6) is 0 Å². The van der Waals surface area contributed by atoms with Crippen LogP contribution in [0.4, 0.5) is 0 Å². The molecule has 0 saturated heterocycles. The lowest BCUT2D eigenvalue weighted by atomic mass is 10.4. The minimum atomic E-state index is -0.296. The van der Waals surface area contributed by atoms with E-state index in [0.29, 0.717) is 6.54 Å². The SMILES string of the molecule is CCNC(=O)c1nccnc1Cl. The summed E-state index contributed by atoms with van der Waals surface area (Å²) in [6.07, 6.45) is 2.86. The van der Waals surface area contributed by atoms with Crippen LogP contribution in [-0.2, 0) is 0 Å². The lowest BCUT2D eigenvalue weighted by Gasteiger charge is -2.00. The number of hydrogen-bond donors (Lipinski definition) is 1. The number of halogens is 1. The second kappa shape index (κ2) is 4.01. The van der Waals surface area contributed by atoms with Gasteiger partial charge in [0.05, 0.1) is 0 Å². The Morgan fingerprint density at radius 1 is 1.58 bits per heavy atom. The average molecular weight is 186 g/mol. The van der Waals surface area contributed by atoms with Crippen molar-refractivity contribution in [2.75, 3.05) is 6.54 Å². The van der Waals surface area contributed by atoms with Crippen LogP contribution in [0, 0.1) is 0 Å². The van der Waals surface area contributed by atoms with E-state index in [9.17, 15) is 4.79 Å². The Labute approximate surface area is 75.0 Å². The summed E-state index contributed by atoms with van der Waals surface area (Å²) in [4.78, 5) is 18.7. The topological polar surface area (TPSA) is 54.9 Å². The Kier molecular flexibility index (Phi) is 2.99. The summed E-state index contributed by atoms with van der Waals surface area (Å²) in [5.41, 5.74) is 0.168. The number of rotatable bonds is 2. The predicted octanol–water partition coefficient (Wildman–Crippen LogP) is 0.880. The zero-order valence-corrected chi connectivity index (χ0v) is 7.30. The molecule has 64 valence electrons. The van der Waals surface area contributed by atoms with Crippen LogP contribution in [0.2, 0.25) is 5.15 Å². The standard InChI is InChI=1S/C7H8ClN3O/c1-2-9-7(12)5-6(8)11-4-3-10-5/h3-4H,2H2,1H3,(H,9,12). The van der Waals surface area contributed by atoms with Gasteiger partial charge in [0.15, 0.2) is 10.8 Å². The molecule has 1 N–H and O–H groups in total. The molecule has 0 aromatic carbocycles. The van der Waals surface area contributed by atoms with Gasteiger partial charge in [-0.1, -0.05) is 11.6 Å². The zero-order valence-electron chi connectivity index (χ0n) is 6.54. The molecule has 0 aliphatic heterocycles. The molecule has 1 heterocycles. The predicted molar refractivity (Wildman–Crippen MR) is 45.0 cm³/mol. The van der Waals surface area contributed by atoms with E-state index >= 15 is 0 Å². The maximum atomic E-state index is 11.2. The van der Waals surface area contributed by atoms with Crippen molar-refractivity contribution in [2.24, 2.45) is 0 Å². The molecule has 1 aromatic heterocycles. The molecule has 0 unspecified atom stereocenters. The van der Waals surface area contributed by atoms with Crippen LogP contribution < -0.4 is 5.32 Å². The number of carbonyl (C=O) groups excluding carboxylic acids is 1. The third-order valence-corrected chi connectivity index (χ3v) is 1.48. The second-order valence-electron chi connectivity index (χ2n) is 2.06. The van der Waals surface area contributed by atoms with Crippen LogP contribution in [0.15, 0.2) is 12.4 Å². The number of hydrogen-bond acceptors (Lipinski definition) is 3. The molecule has 0 spiro atoms. The summed E-state index contributed by atoms with van der Waals surface area (Å²) in [5, 5.41) is 2.70. The van der Waals surface area contributed by atoms with Crippen molar-refractivity contribution in [3.05, 3.63) is 23.2 Å². The van der Waals surface area contributed by atoms with Crippen LogP contribution in [0.25, 0.3) is 0 Å². The van der Waals surface area contributed by atoms with E-state index < -0.39 is 0 Å². The normalized spacial score (nSPS) is 9.50. The monoisotopic (exact) mass is 185 g/mol. The van der Waals surface area contributed by atoms with Gasteiger partial charge in [-0.2, -0.15) is 0 Å². The van der Waals surface area contributed by atoms with Crippen molar-refractivity contribution in [2.45, 2.75) is 6.92 Å². The molecule has 0 saturated carbocycles. The number of carbonyl (C=O) groups is 1. The van der Waals surface area contributed by atoms with E-state index in [1.165, 1.54) is 12.4 Å². The first-order valence-electron chi connectivity index (χ1n) is 3.50. The zero-order chi connectivity index (χ0) is 8.97. The molecule has 0 radical (unpaired) electrons. The summed E-state index contributed by atoms with van der Waals surface area (Å²) < 4.78 is 0. The van der Waals surface area contributed by atoms with Gasteiger partial charge in [0.1, 0.15) is 0 Å². The highest BCUT2D eigenvalue weighted by atomic mass is 35.5.